The van der Waals surface area contributed by atoms with Crippen LogP contribution in [0.1, 0.15) is 4.79 Å². The Labute approximate surface area is 164 Å². The Morgan fingerprint density at radius 1 is 0.929 bits per heavy atom. The lowest BCUT2D eigenvalue weighted by atomic mass is 10.2. The lowest BCUT2D eigenvalue weighted by Crippen LogP contribution is -2.12. The van der Waals surface area contributed by atoms with Gasteiger partial charge in [-0.2, -0.15) is 0 Å². The summed E-state index contributed by atoms with van der Waals surface area (Å²) in [5.41, 5.74) is 2.54. The van der Waals surface area contributed by atoms with Crippen LogP contribution in [0.15, 0.2) is 82.7 Å². The van der Waals surface area contributed by atoms with Crippen molar-refractivity contribution in [3.05, 3.63) is 73.1 Å². The number of nitrogens with zero attached hydrogens (tertiary/aromatic N) is 4. The van der Waals surface area contributed by atoms with Gasteiger partial charge in [-0.3, -0.25) is 14.3 Å². The first-order chi connectivity index (χ1) is 13.8. The minimum absolute atomic E-state index is 0.0384. The molecule has 0 unspecified atom stereocenters. The number of hydrogen-bond acceptors (Lipinski definition) is 6. The van der Waals surface area contributed by atoms with Gasteiger partial charge in [0.25, 0.3) is 5.22 Å². The van der Waals surface area contributed by atoms with Gasteiger partial charge in [0.2, 0.25) is 11.8 Å². The highest BCUT2D eigenvalue weighted by Crippen LogP contribution is 2.29. The molecule has 0 saturated heterocycles. The summed E-state index contributed by atoms with van der Waals surface area (Å²) in [6.07, 6.45) is 3.34. The van der Waals surface area contributed by atoms with Crippen LogP contribution in [-0.4, -0.2) is 31.4 Å². The maximum absolute atomic E-state index is 13.0. The molecule has 2 aromatic carbocycles. The van der Waals surface area contributed by atoms with E-state index in [1.807, 2.05) is 54.6 Å². The molecule has 6 nitrogen and oxygen atoms in total. The molecule has 0 aliphatic heterocycles. The van der Waals surface area contributed by atoms with E-state index in [1.54, 1.807) is 23.0 Å². The number of rotatable bonds is 4. The molecular weight excluding hydrogens is 372 g/mol. The van der Waals surface area contributed by atoms with Gasteiger partial charge in [-0.25, -0.2) is 0 Å². The van der Waals surface area contributed by atoms with Crippen molar-refractivity contribution in [2.75, 3.05) is 5.75 Å². The summed E-state index contributed by atoms with van der Waals surface area (Å²) in [4.78, 5) is 17.1. The standard InChI is InChI=1S/C21H14N4O2S/c26-19(13-28-21-24-23-20(27-21)14-6-5-11-22-12-14)25-17-9-3-1-7-15(17)16-8-2-4-10-18(16)25/h1-12H,13H2. The number of hydrogen-bond donors (Lipinski definition) is 0. The third-order valence-corrected chi connectivity index (χ3v) is 5.27. The van der Waals surface area contributed by atoms with Crippen molar-refractivity contribution in [1.82, 2.24) is 19.7 Å². The number of fused-ring (bicyclic) bond motifs is 3. The van der Waals surface area contributed by atoms with Crippen LogP contribution in [0, 0.1) is 0 Å². The van der Waals surface area contributed by atoms with Crippen molar-refractivity contribution in [2.24, 2.45) is 0 Å². The highest BCUT2D eigenvalue weighted by atomic mass is 32.2. The normalized spacial score (nSPS) is 11.3. The number of aromatic nitrogens is 4. The van der Waals surface area contributed by atoms with Gasteiger partial charge in [0.15, 0.2) is 0 Å². The number of para-hydroxylation sites is 2. The molecule has 0 saturated carbocycles. The van der Waals surface area contributed by atoms with Crippen LogP contribution in [0.2, 0.25) is 0 Å². The van der Waals surface area contributed by atoms with Gasteiger partial charge in [-0.1, -0.05) is 48.2 Å². The smallest absolute Gasteiger partial charge is 0.277 e. The van der Waals surface area contributed by atoms with E-state index in [0.717, 1.165) is 27.4 Å². The second kappa shape index (κ2) is 6.94. The average Bonchev–Trinajstić information content (AvgIpc) is 3.36. The Morgan fingerprint density at radius 3 is 2.32 bits per heavy atom. The molecule has 136 valence electrons. The topological polar surface area (TPSA) is 73.8 Å². The third kappa shape index (κ3) is 2.86. The van der Waals surface area contributed by atoms with Crippen molar-refractivity contribution in [3.8, 4) is 11.5 Å². The molecule has 28 heavy (non-hydrogen) atoms. The largest absolute Gasteiger partial charge is 0.411 e. The predicted octanol–water partition coefficient (Wildman–Crippen LogP) is 4.67. The van der Waals surface area contributed by atoms with Crippen LogP contribution in [0.3, 0.4) is 0 Å². The molecule has 5 rings (SSSR count). The second-order valence-corrected chi connectivity index (χ2v) is 7.09. The molecule has 0 fully saturated rings. The molecule has 3 heterocycles. The molecule has 0 atom stereocenters. The van der Waals surface area contributed by atoms with Crippen LogP contribution in [0.25, 0.3) is 33.3 Å². The van der Waals surface area contributed by atoms with Crippen LogP contribution in [0.4, 0.5) is 0 Å². The first-order valence-electron chi connectivity index (χ1n) is 8.69. The zero-order chi connectivity index (χ0) is 18.9. The molecule has 0 N–H and O–H groups in total. The zero-order valence-corrected chi connectivity index (χ0v) is 15.5. The van der Waals surface area contributed by atoms with E-state index in [4.69, 9.17) is 4.42 Å². The summed E-state index contributed by atoms with van der Waals surface area (Å²) in [5.74, 6) is 0.542. The van der Waals surface area contributed by atoms with E-state index >= 15 is 0 Å². The van der Waals surface area contributed by atoms with E-state index < -0.39 is 0 Å². The van der Waals surface area contributed by atoms with E-state index in [2.05, 4.69) is 15.2 Å². The molecule has 0 bridgehead atoms. The number of carbonyl (C=O) groups is 1. The minimum Gasteiger partial charge on any atom is -0.411 e. The summed E-state index contributed by atoms with van der Waals surface area (Å²) in [7, 11) is 0. The second-order valence-electron chi connectivity index (χ2n) is 6.17. The predicted molar refractivity (Wildman–Crippen MR) is 108 cm³/mol. The van der Waals surface area contributed by atoms with Gasteiger partial charge in [-0.05, 0) is 24.3 Å². The number of thioether (sulfide) groups is 1. The Kier molecular flexibility index (Phi) is 4.14. The Balaban J connectivity index is 1.43. The molecule has 0 amide bonds. The van der Waals surface area contributed by atoms with E-state index in [1.165, 1.54) is 11.8 Å². The fourth-order valence-electron chi connectivity index (χ4n) is 3.25. The van der Waals surface area contributed by atoms with Gasteiger partial charge in [-0.15, -0.1) is 10.2 Å². The fourth-order valence-corrected chi connectivity index (χ4v) is 3.87. The van der Waals surface area contributed by atoms with Crippen molar-refractivity contribution < 1.29 is 9.21 Å². The first-order valence-corrected chi connectivity index (χ1v) is 9.68. The molecule has 7 heteroatoms. The highest BCUT2D eigenvalue weighted by Gasteiger charge is 2.17. The molecule has 0 spiro atoms. The van der Waals surface area contributed by atoms with Crippen molar-refractivity contribution >= 4 is 39.5 Å². The first kappa shape index (κ1) is 16.7. The van der Waals surface area contributed by atoms with Crippen LogP contribution in [0.5, 0.6) is 0 Å². The van der Waals surface area contributed by atoms with Crippen LogP contribution in [-0.2, 0) is 0 Å². The van der Waals surface area contributed by atoms with Crippen LogP contribution < -0.4 is 0 Å². The Hall–Kier alpha value is -3.45. The maximum Gasteiger partial charge on any atom is 0.277 e. The SMILES string of the molecule is O=C(CSc1nnc(-c2cccnc2)o1)n1c2ccccc2c2ccccc21. The summed E-state index contributed by atoms with van der Waals surface area (Å²) in [6, 6.07) is 19.5. The maximum atomic E-state index is 13.0. The lowest BCUT2D eigenvalue weighted by molar-refractivity contribution is 0.0951. The fraction of sp³-hybridized carbons (Fsp3) is 0.0476. The molecule has 5 aromatic rings. The van der Waals surface area contributed by atoms with Gasteiger partial charge in [0.1, 0.15) is 0 Å². The Morgan fingerprint density at radius 2 is 1.64 bits per heavy atom. The van der Waals surface area contributed by atoms with Crippen molar-refractivity contribution in [3.63, 3.8) is 0 Å². The number of carbonyl (C=O) groups excluding carboxylic acids is 1. The van der Waals surface area contributed by atoms with Gasteiger partial charge < -0.3 is 4.42 Å². The van der Waals surface area contributed by atoms with E-state index in [9.17, 15) is 4.79 Å². The highest BCUT2D eigenvalue weighted by molar-refractivity contribution is 7.99. The molecule has 3 aromatic heterocycles. The van der Waals surface area contributed by atoms with Gasteiger partial charge >= 0.3 is 0 Å². The molecule has 0 aliphatic rings. The summed E-state index contributed by atoms with van der Waals surface area (Å²) in [6.45, 7) is 0. The minimum atomic E-state index is -0.0384. The van der Waals surface area contributed by atoms with Crippen molar-refractivity contribution in [1.29, 1.82) is 0 Å². The van der Waals surface area contributed by atoms with Gasteiger partial charge in [0, 0.05) is 23.2 Å². The zero-order valence-electron chi connectivity index (χ0n) is 14.6. The summed E-state index contributed by atoms with van der Waals surface area (Å²) >= 11 is 1.23. The van der Waals surface area contributed by atoms with Crippen molar-refractivity contribution in [2.45, 2.75) is 5.22 Å². The summed E-state index contributed by atoms with van der Waals surface area (Å²) in [5, 5.41) is 10.5. The molecular formula is C21H14N4O2S. The molecule has 0 radical (unpaired) electrons. The van der Waals surface area contributed by atoms with Crippen LogP contribution >= 0.6 is 11.8 Å². The quantitative estimate of drug-likeness (QED) is 0.418. The summed E-state index contributed by atoms with van der Waals surface area (Å²) < 4.78 is 7.41. The third-order valence-electron chi connectivity index (χ3n) is 4.46. The molecule has 0 aliphatic carbocycles. The van der Waals surface area contributed by atoms with E-state index in [-0.39, 0.29) is 11.7 Å². The number of benzene rings is 2. The van der Waals surface area contributed by atoms with Gasteiger partial charge in [0.05, 0.1) is 22.3 Å². The monoisotopic (exact) mass is 386 g/mol. The Bertz CT molecular complexity index is 1240. The van der Waals surface area contributed by atoms with E-state index in [0.29, 0.717) is 11.1 Å². The average molecular weight is 386 g/mol. The lowest BCUT2D eigenvalue weighted by Gasteiger charge is -2.04. The number of pyridine rings is 1.